The SMILES string of the molecule is CC/C=C\C/C=C\C/C=C\C/C=C\CCCCCCCCC(=O)OCC(COC(=O)C/C=C\C/C=C\C/C=C\CC)OC(=O)CCCCCCCCCCCCCCC. The maximum Gasteiger partial charge on any atom is 0.309 e. The number of carbonyl (C=O) groups is 3. The van der Waals surface area contributed by atoms with E-state index >= 15 is 0 Å². The maximum atomic E-state index is 12.7. The topological polar surface area (TPSA) is 78.9 Å². The summed E-state index contributed by atoms with van der Waals surface area (Å²) >= 11 is 0. The minimum absolute atomic E-state index is 0.110. The van der Waals surface area contributed by atoms with Crippen LogP contribution in [0.2, 0.25) is 0 Å². The molecule has 336 valence electrons. The zero-order chi connectivity index (χ0) is 43.0. The molecular formula is C53H88O6. The highest BCUT2D eigenvalue weighted by molar-refractivity contribution is 5.72. The van der Waals surface area contributed by atoms with E-state index in [1.54, 1.807) is 6.08 Å². The number of esters is 3. The largest absolute Gasteiger partial charge is 0.462 e. The van der Waals surface area contributed by atoms with Gasteiger partial charge in [-0.15, -0.1) is 0 Å². The van der Waals surface area contributed by atoms with Crippen LogP contribution in [0.25, 0.3) is 0 Å². The first-order chi connectivity index (χ1) is 29.0. The molecule has 0 saturated carbocycles. The van der Waals surface area contributed by atoms with E-state index in [1.165, 1.54) is 77.0 Å². The van der Waals surface area contributed by atoms with Crippen LogP contribution in [-0.4, -0.2) is 37.2 Å². The lowest BCUT2D eigenvalue weighted by Gasteiger charge is -2.18. The average molecular weight is 821 g/mol. The Kier molecular flexibility index (Phi) is 44.5. The molecule has 0 spiro atoms. The summed E-state index contributed by atoms with van der Waals surface area (Å²) in [5.74, 6) is -1.06. The Balaban J connectivity index is 4.39. The smallest absolute Gasteiger partial charge is 0.309 e. The van der Waals surface area contributed by atoms with Crippen LogP contribution in [0.4, 0.5) is 0 Å². The van der Waals surface area contributed by atoms with E-state index in [9.17, 15) is 14.4 Å². The quantitative estimate of drug-likeness (QED) is 0.0264. The monoisotopic (exact) mass is 821 g/mol. The fourth-order valence-corrected chi connectivity index (χ4v) is 6.38. The average Bonchev–Trinajstić information content (AvgIpc) is 3.23. The molecule has 0 heterocycles. The molecule has 0 aliphatic heterocycles. The molecule has 0 saturated heterocycles. The van der Waals surface area contributed by atoms with Crippen LogP contribution in [0.3, 0.4) is 0 Å². The third-order valence-electron chi connectivity index (χ3n) is 9.93. The fourth-order valence-electron chi connectivity index (χ4n) is 6.38. The summed E-state index contributed by atoms with van der Waals surface area (Å²) in [4.78, 5) is 37.7. The van der Waals surface area contributed by atoms with Crippen LogP contribution in [0.15, 0.2) is 85.1 Å². The number of allylic oxidation sites excluding steroid dienone is 13. The molecule has 0 rings (SSSR count). The highest BCUT2D eigenvalue weighted by Gasteiger charge is 2.19. The minimum Gasteiger partial charge on any atom is -0.462 e. The highest BCUT2D eigenvalue weighted by atomic mass is 16.6. The van der Waals surface area contributed by atoms with Gasteiger partial charge in [0.25, 0.3) is 0 Å². The van der Waals surface area contributed by atoms with Crippen molar-refractivity contribution in [3.05, 3.63) is 85.1 Å². The van der Waals surface area contributed by atoms with E-state index in [0.717, 1.165) is 96.3 Å². The Hall–Kier alpha value is -3.41. The number of unbranched alkanes of at least 4 members (excludes halogenated alkanes) is 18. The van der Waals surface area contributed by atoms with Crippen molar-refractivity contribution in [1.29, 1.82) is 0 Å². The van der Waals surface area contributed by atoms with Gasteiger partial charge in [0.2, 0.25) is 0 Å². The predicted octanol–water partition coefficient (Wildman–Crippen LogP) is 15.6. The van der Waals surface area contributed by atoms with Crippen LogP contribution in [0.5, 0.6) is 0 Å². The third-order valence-corrected chi connectivity index (χ3v) is 9.93. The molecule has 0 aromatic carbocycles. The van der Waals surface area contributed by atoms with Crippen molar-refractivity contribution in [1.82, 2.24) is 0 Å². The lowest BCUT2D eigenvalue weighted by Crippen LogP contribution is -2.30. The number of rotatable bonds is 42. The Labute approximate surface area is 363 Å². The standard InChI is InChI=1S/C53H88O6/c1-4-7-10-13-16-19-21-23-24-25-26-27-28-30-31-34-37-40-43-46-52(55)58-49-50(48-57-51(54)45-42-39-36-33-18-15-12-9-6-3)59-53(56)47-44-41-38-35-32-29-22-20-17-14-11-8-5-2/h7,9-10,12,16,18-19,23-24,26-27,33,39,42,50H,4-6,8,11,13-15,17,20-22,25,28-32,34-38,40-41,43-49H2,1-3H3/b10-7-,12-9-,19-16-,24-23-,27-26-,33-18-,42-39-. The highest BCUT2D eigenvalue weighted by Crippen LogP contribution is 2.14. The van der Waals surface area contributed by atoms with E-state index in [4.69, 9.17) is 14.2 Å². The zero-order valence-corrected chi connectivity index (χ0v) is 38.2. The third kappa shape index (κ3) is 45.5. The van der Waals surface area contributed by atoms with Gasteiger partial charge in [-0.1, -0.05) is 209 Å². The van der Waals surface area contributed by atoms with Crippen molar-refractivity contribution in [2.24, 2.45) is 0 Å². The van der Waals surface area contributed by atoms with E-state index < -0.39 is 12.1 Å². The van der Waals surface area contributed by atoms with Crippen LogP contribution < -0.4 is 0 Å². The molecule has 0 radical (unpaired) electrons. The lowest BCUT2D eigenvalue weighted by atomic mass is 10.0. The number of ether oxygens (including phenoxy) is 3. The second kappa shape index (κ2) is 47.3. The van der Waals surface area contributed by atoms with Crippen LogP contribution in [0.1, 0.15) is 213 Å². The molecule has 6 heteroatoms. The normalized spacial score (nSPS) is 12.8. The van der Waals surface area contributed by atoms with E-state index in [0.29, 0.717) is 12.8 Å². The van der Waals surface area contributed by atoms with Gasteiger partial charge in [0.1, 0.15) is 13.2 Å². The molecule has 0 aromatic rings. The Bertz CT molecular complexity index is 1170. The van der Waals surface area contributed by atoms with Gasteiger partial charge < -0.3 is 14.2 Å². The first kappa shape index (κ1) is 55.6. The van der Waals surface area contributed by atoms with Gasteiger partial charge in [-0.3, -0.25) is 14.4 Å². The van der Waals surface area contributed by atoms with Crippen LogP contribution in [-0.2, 0) is 28.6 Å². The van der Waals surface area contributed by atoms with Gasteiger partial charge >= 0.3 is 17.9 Å². The summed E-state index contributed by atoms with van der Waals surface area (Å²) in [6, 6.07) is 0. The van der Waals surface area contributed by atoms with Crippen LogP contribution >= 0.6 is 0 Å². The van der Waals surface area contributed by atoms with E-state index in [2.05, 4.69) is 93.7 Å². The first-order valence-corrected chi connectivity index (χ1v) is 24.1. The summed E-state index contributed by atoms with van der Waals surface area (Å²) in [7, 11) is 0. The molecule has 1 unspecified atom stereocenters. The molecule has 0 aromatic heterocycles. The van der Waals surface area contributed by atoms with Crippen molar-refractivity contribution in [2.75, 3.05) is 13.2 Å². The molecule has 0 aliphatic carbocycles. The molecule has 59 heavy (non-hydrogen) atoms. The van der Waals surface area contributed by atoms with E-state index in [-0.39, 0.29) is 31.6 Å². The fraction of sp³-hybridized carbons (Fsp3) is 0.679. The molecule has 6 nitrogen and oxygen atoms in total. The van der Waals surface area contributed by atoms with E-state index in [1.807, 2.05) is 6.08 Å². The summed E-state index contributed by atoms with van der Waals surface area (Å²) in [5, 5.41) is 0. The Morgan fingerprint density at radius 1 is 0.373 bits per heavy atom. The number of carbonyl (C=O) groups excluding carboxylic acids is 3. The van der Waals surface area contributed by atoms with Gasteiger partial charge in [0, 0.05) is 12.8 Å². The first-order valence-electron chi connectivity index (χ1n) is 24.1. The van der Waals surface area contributed by atoms with Crippen molar-refractivity contribution in [3.8, 4) is 0 Å². The van der Waals surface area contributed by atoms with Crippen molar-refractivity contribution in [3.63, 3.8) is 0 Å². The van der Waals surface area contributed by atoms with Gasteiger partial charge in [-0.05, 0) is 70.6 Å². The molecule has 0 aliphatic rings. The summed E-state index contributed by atoms with van der Waals surface area (Å²) in [6.07, 6.45) is 60.3. The zero-order valence-electron chi connectivity index (χ0n) is 38.2. The second-order valence-corrected chi connectivity index (χ2v) is 15.6. The maximum absolute atomic E-state index is 12.7. The number of hydrogen-bond donors (Lipinski definition) is 0. The molecule has 0 amide bonds. The van der Waals surface area contributed by atoms with Crippen molar-refractivity contribution >= 4 is 17.9 Å². The Morgan fingerprint density at radius 3 is 1.19 bits per heavy atom. The Morgan fingerprint density at radius 2 is 0.729 bits per heavy atom. The second-order valence-electron chi connectivity index (χ2n) is 15.6. The summed E-state index contributed by atoms with van der Waals surface area (Å²) in [5.41, 5.74) is 0. The predicted molar refractivity (Wildman–Crippen MR) is 251 cm³/mol. The summed E-state index contributed by atoms with van der Waals surface area (Å²) in [6.45, 7) is 6.28. The number of hydrogen-bond acceptors (Lipinski definition) is 6. The summed E-state index contributed by atoms with van der Waals surface area (Å²) < 4.78 is 16.6. The van der Waals surface area contributed by atoms with Gasteiger partial charge in [0.05, 0.1) is 6.42 Å². The van der Waals surface area contributed by atoms with Crippen molar-refractivity contribution < 1.29 is 28.6 Å². The molecule has 0 N–H and O–H groups in total. The molecular weight excluding hydrogens is 733 g/mol. The lowest BCUT2D eigenvalue weighted by molar-refractivity contribution is -0.166. The van der Waals surface area contributed by atoms with Crippen molar-refractivity contribution in [2.45, 2.75) is 219 Å². The minimum atomic E-state index is -0.814. The van der Waals surface area contributed by atoms with Crippen LogP contribution in [0, 0.1) is 0 Å². The molecule has 0 fully saturated rings. The van der Waals surface area contributed by atoms with Gasteiger partial charge in [-0.2, -0.15) is 0 Å². The molecule has 1 atom stereocenters. The van der Waals surface area contributed by atoms with Gasteiger partial charge in [0.15, 0.2) is 6.10 Å². The van der Waals surface area contributed by atoms with Gasteiger partial charge in [-0.25, -0.2) is 0 Å². The molecule has 0 bridgehead atoms.